The number of benzene rings is 1. The molecule has 1 heterocycles. The van der Waals surface area contributed by atoms with E-state index in [1.165, 1.54) is 13.0 Å². The molecule has 0 spiro atoms. The molecule has 3 atom stereocenters. The Bertz CT molecular complexity index is 319. The fourth-order valence-electron chi connectivity index (χ4n) is 2.05. The Morgan fingerprint density at radius 2 is 1.80 bits per heavy atom. The van der Waals surface area contributed by atoms with Crippen molar-refractivity contribution in [3.63, 3.8) is 0 Å². The minimum atomic E-state index is 0.606. The maximum atomic E-state index is 5.58. The number of fused-ring (bicyclic) bond motifs is 1. The SMILES string of the molecule is C[C@@H]1NCC2CC21.Clc1ccccc1Cl. The van der Waals surface area contributed by atoms with Crippen molar-refractivity contribution in [2.24, 2.45) is 11.8 Å². The highest BCUT2D eigenvalue weighted by atomic mass is 35.5. The largest absolute Gasteiger partial charge is 0.314 e. The van der Waals surface area contributed by atoms with Crippen molar-refractivity contribution in [2.45, 2.75) is 19.4 Å². The van der Waals surface area contributed by atoms with Crippen LogP contribution in [0.3, 0.4) is 0 Å². The van der Waals surface area contributed by atoms with Crippen LogP contribution < -0.4 is 5.32 Å². The van der Waals surface area contributed by atoms with Gasteiger partial charge in [0.1, 0.15) is 0 Å². The zero-order valence-corrected chi connectivity index (χ0v) is 10.2. The molecule has 1 aliphatic carbocycles. The molecule has 2 fully saturated rings. The van der Waals surface area contributed by atoms with E-state index in [0.29, 0.717) is 10.0 Å². The summed E-state index contributed by atoms with van der Waals surface area (Å²) in [6, 6.07) is 8.03. The summed E-state index contributed by atoms with van der Waals surface area (Å²) in [6.07, 6.45) is 1.51. The lowest BCUT2D eigenvalue weighted by molar-refractivity contribution is 0.579. The molecule has 0 amide bonds. The van der Waals surface area contributed by atoms with Gasteiger partial charge in [-0.3, -0.25) is 0 Å². The molecule has 1 aromatic carbocycles. The lowest BCUT2D eigenvalue weighted by Gasteiger charge is -2.01. The molecule has 3 heteroatoms. The van der Waals surface area contributed by atoms with Gasteiger partial charge >= 0.3 is 0 Å². The smallest absolute Gasteiger partial charge is 0.0592 e. The molecule has 15 heavy (non-hydrogen) atoms. The second-order valence-electron chi connectivity index (χ2n) is 4.27. The molecule has 0 radical (unpaired) electrons. The maximum Gasteiger partial charge on any atom is 0.0592 e. The number of halogens is 2. The topological polar surface area (TPSA) is 12.0 Å². The minimum Gasteiger partial charge on any atom is -0.314 e. The quantitative estimate of drug-likeness (QED) is 0.735. The van der Waals surface area contributed by atoms with Gasteiger partial charge in [0.15, 0.2) is 0 Å². The Hall–Kier alpha value is -0.240. The van der Waals surface area contributed by atoms with Crippen molar-refractivity contribution in [1.82, 2.24) is 5.32 Å². The van der Waals surface area contributed by atoms with Gasteiger partial charge in [-0.1, -0.05) is 35.3 Å². The lowest BCUT2D eigenvalue weighted by atomic mass is 10.2. The summed E-state index contributed by atoms with van der Waals surface area (Å²) < 4.78 is 0. The molecule has 0 aromatic heterocycles. The lowest BCUT2D eigenvalue weighted by Crippen LogP contribution is -2.21. The number of rotatable bonds is 0. The molecule has 1 saturated carbocycles. The first-order valence-corrected chi connectivity index (χ1v) is 6.07. The van der Waals surface area contributed by atoms with Crippen molar-refractivity contribution >= 4 is 23.2 Å². The maximum absolute atomic E-state index is 5.58. The number of hydrogen-bond donors (Lipinski definition) is 1. The number of nitrogens with one attached hydrogen (secondary N) is 1. The van der Waals surface area contributed by atoms with Crippen LogP contribution in [0.4, 0.5) is 0 Å². The van der Waals surface area contributed by atoms with Crippen molar-refractivity contribution in [3.8, 4) is 0 Å². The van der Waals surface area contributed by atoms with Crippen LogP contribution in [-0.2, 0) is 0 Å². The molecular formula is C12H15Cl2N. The van der Waals surface area contributed by atoms with Gasteiger partial charge in [0.2, 0.25) is 0 Å². The summed E-state index contributed by atoms with van der Waals surface area (Å²) in [7, 11) is 0. The third-order valence-corrected chi connectivity index (χ3v) is 3.90. The Morgan fingerprint density at radius 3 is 2.00 bits per heavy atom. The van der Waals surface area contributed by atoms with E-state index in [1.54, 1.807) is 12.1 Å². The third-order valence-electron chi connectivity index (χ3n) is 3.15. The van der Waals surface area contributed by atoms with Crippen LogP contribution >= 0.6 is 23.2 Å². The summed E-state index contributed by atoms with van der Waals surface area (Å²) in [5, 5.41) is 4.63. The highest BCUT2D eigenvalue weighted by molar-refractivity contribution is 6.41. The molecule has 1 aromatic rings. The van der Waals surface area contributed by atoms with E-state index in [4.69, 9.17) is 23.2 Å². The molecule has 1 nitrogen and oxygen atoms in total. The summed E-state index contributed by atoms with van der Waals surface area (Å²) >= 11 is 11.2. The van der Waals surface area contributed by atoms with Crippen molar-refractivity contribution in [1.29, 1.82) is 0 Å². The number of piperidine rings is 1. The highest BCUT2D eigenvalue weighted by Gasteiger charge is 2.45. The summed E-state index contributed by atoms with van der Waals surface area (Å²) in [4.78, 5) is 0. The van der Waals surface area contributed by atoms with Crippen LogP contribution in [0.1, 0.15) is 13.3 Å². The predicted molar refractivity (Wildman–Crippen MR) is 65.5 cm³/mol. The van der Waals surface area contributed by atoms with Crippen LogP contribution in [0.25, 0.3) is 0 Å². The van der Waals surface area contributed by atoms with Crippen molar-refractivity contribution in [3.05, 3.63) is 34.3 Å². The van der Waals surface area contributed by atoms with E-state index in [9.17, 15) is 0 Å². The zero-order chi connectivity index (χ0) is 10.8. The van der Waals surface area contributed by atoms with Gasteiger partial charge in [-0.05, 0) is 43.9 Å². The first kappa shape index (κ1) is 11.3. The van der Waals surface area contributed by atoms with Gasteiger partial charge in [-0.2, -0.15) is 0 Å². The molecule has 3 rings (SSSR count). The monoisotopic (exact) mass is 243 g/mol. The van der Waals surface area contributed by atoms with Gasteiger partial charge in [-0.25, -0.2) is 0 Å². The molecule has 0 bridgehead atoms. The standard InChI is InChI=1S/C6H4Cl2.C6H11N/c7-5-3-1-2-4-6(5)8;1-4-6-2-5(6)3-7-4/h1-4H;4-7H,2-3H2,1H3/t;4-,5?,6?/m.0/s1. The van der Waals surface area contributed by atoms with Crippen LogP contribution in [0.2, 0.25) is 10.0 Å². The first-order valence-electron chi connectivity index (χ1n) is 5.32. The third kappa shape index (κ3) is 2.87. The fraction of sp³-hybridized carbons (Fsp3) is 0.500. The van der Waals surface area contributed by atoms with E-state index >= 15 is 0 Å². The molecule has 1 aliphatic heterocycles. The fourth-order valence-corrected chi connectivity index (χ4v) is 2.32. The van der Waals surface area contributed by atoms with Gasteiger partial charge in [0.05, 0.1) is 10.0 Å². The van der Waals surface area contributed by atoms with Crippen LogP contribution in [0, 0.1) is 11.8 Å². The minimum absolute atomic E-state index is 0.606. The van der Waals surface area contributed by atoms with Gasteiger partial charge in [0, 0.05) is 6.04 Å². The van der Waals surface area contributed by atoms with Crippen molar-refractivity contribution < 1.29 is 0 Å². The Balaban J connectivity index is 0.000000114. The van der Waals surface area contributed by atoms with Gasteiger partial charge < -0.3 is 5.32 Å². The highest BCUT2D eigenvalue weighted by Crippen LogP contribution is 2.44. The molecule has 1 N–H and O–H groups in total. The van der Waals surface area contributed by atoms with Crippen LogP contribution in [0.15, 0.2) is 24.3 Å². The van der Waals surface area contributed by atoms with E-state index in [2.05, 4.69) is 12.2 Å². The average molecular weight is 244 g/mol. The summed E-state index contributed by atoms with van der Waals surface area (Å²) in [5.74, 6) is 2.15. The second-order valence-corrected chi connectivity index (χ2v) is 5.09. The molecule has 1 saturated heterocycles. The van der Waals surface area contributed by atoms with Gasteiger partial charge in [-0.15, -0.1) is 0 Å². The second kappa shape index (κ2) is 4.73. The first-order chi connectivity index (χ1) is 7.18. The number of hydrogen-bond acceptors (Lipinski definition) is 1. The molecule has 2 unspecified atom stereocenters. The Morgan fingerprint density at radius 1 is 1.20 bits per heavy atom. The predicted octanol–water partition coefficient (Wildman–Crippen LogP) is 3.61. The van der Waals surface area contributed by atoms with Crippen molar-refractivity contribution in [2.75, 3.05) is 6.54 Å². The van der Waals surface area contributed by atoms with E-state index in [-0.39, 0.29) is 0 Å². The van der Waals surface area contributed by atoms with Crippen LogP contribution in [0.5, 0.6) is 0 Å². The normalized spacial score (nSPS) is 31.5. The average Bonchev–Trinajstić information content (AvgIpc) is 2.93. The molecule has 2 aliphatic rings. The van der Waals surface area contributed by atoms with E-state index < -0.39 is 0 Å². The van der Waals surface area contributed by atoms with E-state index in [0.717, 1.165) is 17.9 Å². The van der Waals surface area contributed by atoms with Crippen LogP contribution in [-0.4, -0.2) is 12.6 Å². The van der Waals surface area contributed by atoms with Gasteiger partial charge in [0.25, 0.3) is 0 Å². The molecule has 82 valence electrons. The Labute approximate surface area is 101 Å². The summed E-state index contributed by atoms with van der Waals surface area (Å²) in [5.41, 5.74) is 0. The summed E-state index contributed by atoms with van der Waals surface area (Å²) in [6.45, 7) is 3.59. The zero-order valence-electron chi connectivity index (χ0n) is 8.71. The van der Waals surface area contributed by atoms with E-state index in [1.807, 2.05) is 12.1 Å². The Kier molecular flexibility index (Phi) is 3.55. The molecular weight excluding hydrogens is 229 g/mol.